The first-order valence-corrected chi connectivity index (χ1v) is 5.87. The van der Waals surface area contributed by atoms with Gasteiger partial charge in [-0.2, -0.15) is 0 Å². The minimum atomic E-state index is -0.271. The van der Waals surface area contributed by atoms with Gasteiger partial charge >= 0.3 is 0 Å². The van der Waals surface area contributed by atoms with Gasteiger partial charge in [-0.3, -0.25) is 4.79 Å². The first kappa shape index (κ1) is 10.4. The molecule has 0 fully saturated rings. The second-order valence-corrected chi connectivity index (χ2v) is 4.47. The normalized spacial score (nSPS) is 19.9. The zero-order valence-electron chi connectivity index (χ0n) is 9.49. The molecule has 2 aromatic rings. The summed E-state index contributed by atoms with van der Waals surface area (Å²) in [6.07, 6.45) is 0.934. The first-order chi connectivity index (χ1) is 8.27. The largest absolute Gasteiger partial charge is 0.369 e. The van der Waals surface area contributed by atoms with Crippen LogP contribution in [-0.2, 0) is 11.2 Å². The number of para-hydroxylation sites is 1. The van der Waals surface area contributed by atoms with Gasteiger partial charge in [-0.25, -0.2) is 0 Å². The summed E-state index contributed by atoms with van der Waals surface area (Å²) in [5, 5.41) is 4.46. The van der Waals surface area contributed by atoms with Crippen molar-refractivity contribution in [3.05, 3.63) is 35.5 Å². The van der Waals surface area contributed by atoms with Gasteiger partial charge in [0, 0.05) is 23.1 Å². The number of primary amides is 1. The molecular weight excluding hydrogens is 214 g/mol. The highest BCUT2D eigenvalue weighted by atomic mass is 16.1. The van der Waals surface area contributed by atoms with Crippen LogP contribution in [0.5, 0.6) is 0 Å². The van der Waals surface area contributed by atoms with Crippen LogP contribution >= 0.6 is 0 Å². The topological polar surface area (TPSA) is 70.9 Å². The van der Waals surface area contributed by atoms with Crippen molar-refractivity contribution in [2.24, 2.45) is 5.73 Å². The molecule has 2 heterocycles. The lowest BCUT2D eigenvalue weighted by Gasteiger charge is -2.10. The van der Waals surface area contributed by atoms with Crippen molar-refractivity contribution < 1.29 is 4.79 Å². The van der Waals surface area contributed by atoms with Gasteiger partial charge in [-0.05, 0) is 24.6 Å². The molecule has 1 aromatic carbocycles. The van der Waals surface area contributed by atoms with Gasteiger partial charge in [-0.15, -0.1) is 0 Å². The van der Waals surface area contributed by atoms with Gasteiger partial charge in [-0.1, -0.05) is 18.2 Å². The van der Waals surface area contributed by atoms with Crippen molar-refractivity contribution >= 4 is 16.8 Å². The van der Waals surface area contributed by atoms with E-state index in [1.807, 2.05) is 18.2 Å². The van der Waals surface area contributed by atoms with Crippen LogP contribution in [0.25, 0.3) is 10.9 Å². The number of carbonyl (C=O) groups excluding carboxylic acids is 1. The van der Waals surface area contributed by atoms with E-state index in [9.17, 15) is 4.79 Å². The highest BCUT2D eigenvalue weighted by molar-refractivity contribution is 5.89. The van der Waals surface area contributed by atoms with Crippen LogP contribution in [0.3, 0.4) is 0 Å². The van der Waals surface area contributed by atoms with Crippen molar-refractivity contribution in [3.8, 4) is 0 Å². The quantitative estimate of drug-likeness (QED) is 0.679. The summed E-state index contributed by atoms with van der Waals surface area (Å²) in [6, 6.07) is 8.15. The molecule has 17 heavy (non-hydrogen) atoms. The third-order valence-corrected chi connectivity index (χ3v) is 3.44. The molecule has 1 unspecified atom stereocenters. The third kappa shape index (κ3) is 1.61. The number of aromatic amines is 1. The van der Waals surface area contributed by atoms with Crippen LogP contribution in [0.4, 0.5) is 0 Å². The van der Waals surface area contributed by atoms with Crippen LogP contribution in [0.2, 0.25) is 0 Å². The number of rotatable bonds is 1. The number of benzene rings is 1. The average molecular weight is 229 g/mol. The molecule has 1 amide bonds. The zero-order valence-corrected chi connectivity index (χ0v) is 9.49. The fraction of sp³-hybridized carbons (Fsp3) is 0.308. The van der Waals surface area contributed by atoms with Crippen LogP contribution in [0.15, 0.2) is 24.3 Å². The molecule has 0 aliphatic carbocycles. The lowest BCUT2D eigenvalue weighted by molar-refractivity contribution is -0.119. The molecule has 0 saturated heterocycles. The summed E-state index contributed by atoms with van der Waals surface area (Å²) in [4.78, 5) is 14.9. The van der Waals surface area contributed by atoms with Crippen LogP contribution in [0, 0.1) is 0 Å². The minimum Gasteiger partial charge on any atom is -0.369 e. The number of hydrogen-bond donors (Lipinski definition) is 3. The van der Waals surface area contributed by atoms with Crippen molar-refractivity contribution in [2.45, 2.75) is 12.3 Å². The van der Waals surface area contributed by atoms with E-state index in [2.05, 4.69) is 16.4 Å². The molecule has 0 spiro atoms. The van der Waals surface area contributed by atoms with Crippen molar-refractivity contribution in [1.29, 1.82) is 0 Å². The Morgan fingerprint density at radius 3 is 3.00 bits per heavy atom. The van der Waals surface area contributed by atoms with E-state index in [0.717, 1.165) is 24.2 Å². The molecule has 4 heteroatoms. The van der Waals surface area contributed by atoms with Crippen LogP contribution in [0.1, 0.15) is 17.2 Å². The van der Waals surface area contributed by atoms with E-state index in [-0.39, 0.29) is 11.8 Å². The van der Waals surface area contributed by atoms with Crippen molar-refractivity contribution in [1.82, 2.24) is 10.3 Å². The maximum atomic E-state index is 11.5. The fourth-order valence-electron chi connectivity index (χ4n) is 2.59. The number of aromatic nitrogens is 1. The summed E-state index contributed by atoms with van der Waals surface area (Å²) in [5.74, 6) is -0.521. The number of fused-ring (bicyclic) bond motifs is 3. The van der Waals surface area contributed by atoms with E-state index in [0.29, 0.717) is 6.54 Å². The Bertz CT molecular complexity index is 573. The summed E-state index contributed by atoms with van der Waals surface area (Å²) in [5.41, 5.74) is 8.78. The SMILES string of the molecule is NC(=O)C1CNCCc2c1[nH]c1ccccc21. The molecule has 0 bridgehead atoms. The Hall–Kier alpha value is -1.81. The van der Waals surface area contributed by atoms with E-state index in [1.165, 1.54) is 10.9 Å². The van der Waals surface area contributed by atoms with Gasteiger partial charge in [0.2, 0.25) is 5.91 Å². The Labute approximate surface area is 99.2 Å². The molecule has 3 rings (SSSR count). The highest BCUT2D eigenvalue weighted by Gasteiger charge is 2.26. The van der Waals surface area contributed by atoms with Crippen molar-refractivity contribution in [3.63, 3.8) is 0 Å². The molecule has 1 aliphatic heterocycles. The summed E-state index contributed by atoms with van der Waals surface area (Å²) < 4.78 is 0. The predicted octanol–water partition coefficient (Wildman–Crippen LogP) is 0.882. The monoisotopic (exact) mass is 229 g/mol. The van der Waals surface area contributed by atoms with Gasteiger partial charge in [0.15, 0.2) is 0 Å². The summed E-state index contributed by atoms with van der Waals surface area (Å²) >= 11 is 0. The van der Waals surface area contributed by atoms with Crippen LogP contribution < -0.4 is 11.1 Å². The number of carbonyl (C=O) groups is 1. The van der Waals surface area contributed by atoms with E-state index >= 15 is 0 Å². The second-order valence-electron chi connectivity index (χ2n) is 4.47. The summed E-state index contributed by atoms with van der Waals surface area (Å²) in [7, 11) is 0. The number of nitrogens with one attached hydrogen (secondary N) is 2. The Balaban J connectivity index is 2.23. The molecule has 0 radical (unpaired) electrons. The van der Waals surface area contributed by atoms with Crippen LogP contribution in [-0.4, -0.2) is 24.0 Å². The smallest absolute Gasteiger partial charge is 0.227 e. The molecule has 88 valence electrons. The number of H-pyrrole nitrogens is 1. The standard InChI is InChI=1S/C13H15N3O/c14-13(17)10-7-15-6-5-9-8-3-1-2-4-11(8)16-12(9)10/h1-4,10,15-16H,5-7H2,(H2,14,17). The molecule has 1 aromatic heterocycles. The first-order valence-electron chi connectivity index (χ1n) is 5.87. The summed E-state index contributed by atoms with van der Waals surface area (Å²) in [6.45, 7) is 1.51. The Morgan fingerprint density at radius 2 is 2.18 bits per heavy atom. The number of amides is 1. The molecule has 1 aliphatic rings. The Morgan fingerprint density at radius 1 is 1.35 bits per heavy atom. The minimum absolute atomic E-state index is 0.250. The molecule has 1 atom stereocenters. The number of nitrogens with two attached hydrogens (primary N) is 1. The van der Waals surface area contributed by atoms with Gasteiger partial charge < -0.3 is 16.0 Å². The van der Waals surface area contributed by atoms with E-state index in [4.69, 9.17) is 5.73 Å². The van der Waals surface area contributed by atoms with E-state index in [1.54, 1.807) is 0 Å². The lowest BCUT2D eigenvalue weighted by atomic mass is 9.99. The lowest BCUT2D eigenvalue weighted by Crippen LogP contribution is -2.30. The maximum Gasteiger partial charge on any atom is 0.227 e. The van der Waals surface area contributed by atoms with Crippen molar-refractivity contribution in [2.75, 3.05) is 13.1 Å². The van der Waals surface area contributed by atoms with E-state index < -0.39 is 0 Å². The zero-order chi connectivity index (χ0) is 11.8. The molecular formula is C13H15N3O. The van der Waals surface area contributed by atoms with Gasteiger partial charge in [0.05, 0.1) is 5.92 Å². The Kier molecular flexibility index (Phi) is 2.37. The molecule has 4 N–H and O–H groups in total. The highest BCUT2D eigenvalue weighted by Crippen LogP contribution is 2.29. The van der Waals surface area contributed by atoms with Gasteiger partial charge in [0.25, 0.3) is 0 Å². The van der Waals surface area contributed by atoms with Gasteiger partial charge in [0.1, 0.15) is 0 Å². The molecule has 0 saturated carbocycles. The second kappa shape index (κ2) is 3.89. The predicted molar refractivity (Wildman–Crippen MR) is 66.8 cm³/mol. The third-order valence-electron chi connectivity index (χ3n) is 3.44. The maximum absolute atomic E-state index is 11.5. The fourth-order valence-corrected chi connectivity index (χ4v) is 2.59. The number of hydrogen-bond acceptors (Lipinski definition) is 2. The molecule has 4 nitrogen and oxygen atoms in total. The average Bonchev–Trinajstić information content (AvgIpc) is 2.54.